The lowest BCUT2D eigenvalue weighted by atomic mass is 10.1. The highest BCUT2D eigenvalue weighted by atomic mass is 32.1. The third-order valence-corrected chi connectivity index (χ3v) is 4.84. The largest absolute Gasteiger partial charge is 0.351 e. The van der Waals surface area contributed by atoms with E-state index in [1.54, 1.807) is 41.7 Å². The number of benzene rings is 2. The Labute approximate surface area is 165 Å². The van der Waals surface area contributed by atoms with Crippen LogP contribution in [0.2, 0.25) is 0 Å². The molecule has 0 saturated carbocycles. The minimum Gasteiger partial charge on any atom is -0.351 e. The quantitative estimate of drug-likeness (QED) is 0.470. The van der Waals surface area contributed by atoms with E-state index in [2.05, 4.69) is 10.6 Å². The van der Waals surface area contributed by atoms with E-state index in [0.717, 1.165) is 10.4 Å². The van der Waals surface area contributed by atoms with Gasteiger partial charge >= 0.3 is 0 Å². The summed E-state index contributed by atoms with van der Waals surface area (Å²) < 4.78 is 0. The van der Waals surface area contributed by atoms with Crippen molar-refractivity contribution in [2.45, 2.75) is 13.0 Å². The van der Waals surface area contributed by atoms with Crippen LogP contribution in [0.5, 0.6) is 0 Å². The molecule has 1 heterocycles. The number of amides is 2. The molecule has 3 rings (SSSR count). The standard InChI is InChI=1S/C20H17N3O4S/c24-19(21-13-16-4-3-11-28-16)12-14-7-9-15(10-8-14)22-20(25)17-5-1-2-6-18(17)23(26)27/h1-11H,12-13H2,(H,21,24)(H,22,25). The molecule has 0 spiro atoms. The summed E-state index contributed by atoms with van der Waals surface area (Å²) in [6.07, 6.45) is 0.226. The summed E-state index contributed by atoms with van der Waals surface area (Å²) in [6.45, 7) is 0.500. The summed E-state index contributed by atoms with van der Waals surface area (Å²) in [5.41, 5.74) is 1.03. The lowest BCUT2D eigenvalue weighted by Crippen LogP contribution is -2.24. The van der Waals surface area contributed by atoms with Crippen molar-refractivity contribution in [1.82, 2.24) is 5.32 Å². The fourth-order valence-corrected chi connectivity index (χ4v) is 3.22. The first-order chi connectivity index (χ1) is 13.5. The fourth-order valence-electron chi connectivity index (χ4n) is 2.58. The van der Waals surface area contributed by atoms with E-state index in [1.165, 1.54) is 18.2 Å². The monoisotopic (exact) mass is 395 g/mol. The lowest BCUT2D eigenvalue weighted by Gasteiger charge is -2.08. The van der Waals surface area contributed by atoms with E-state index in [-0.39, 0.29) is 23.6 Å². The molecule has 0 atom stereocenters. The van der Waals surface area contributed by atoms with Crippen LogP contribution in [-0.2, 0) is 17.8 Å². The van der Waals surface area contributed by atoms with Crippen molar-refractivity contribution in [3.8, 4) is 0 Å². The van der Waals surface area contributed by atoms with Crippen LogP contribution in [0.3, 0.4) is 0 Å². The minimum atomic E-state index is -0.590. The summed E-state index contributed by atoms with van der Waals surface area (Å²) in [6, 6.07) is 16.4. The molecule has 3 aromatic rings. The normalized spacial score (nSPS) is 10.3. The van der Waals surface area contributed by atoms with Gasteiger partial charge in [-0.15, -0.1) is 11.3 Å². The maximum atomic E-state index is 12.3. The number of carbonyl (C=O) groups excluding carboxylic acids is 2. The van der Waals surface area contributed by atoms with Gasteiger partial charge in [0, 0.05) is 16.6 Å². The average Bonchev–Trinajstić information content (AvgIpc) is 3.21. The van der Waals surface area contributed by atoms with Gasteiger partial charge in [0.25, 0.3) is 11.6 Å². The van der Waals surface area contributed by atoms with Crippen molar-refractivity contribution in [3.05, 3.63) is 92.2 Å². The molecule has 7 nitrogen and oxygen atoms in total. The highest BCUT2D eigenvalue weighted by Gasteiger charge is 2.19. The molecule has 142 valence electrons. The molecule has 0 unspecified atom stereocenters. The van der Waals surface area contributed by atoms with Gasteiger partial charge in [0.1, 0.15) is 5.56 Å². The third-order valence-electron chi connectivity index (χ3n) is 3.96. The smallest absolute Gasteiger partial charge is 0.282 e. The van der Waals surface area contributed by atoms with Crippen LogP contribution in [0.1, 0.15) is 20.8 Å². The van der Waals surface area contributed by atoms with Gasteiger partial charge in [-0.05, 0) is 35.2 Å². The maximum absolute atomic E-state index is 12.3. The SMILES string of the molecule is O=C(Cc1ccc(NC(=O)c2ccccc2[N+](=O)[O-])cc1)NCc1cccs1. The number of anilines is 1. The van der Waals surface area contributed by atoms with Crippen molar-refractivity contribution in [3.63, 3.8) is 0 Å². The van der Waals surface area contributed by atoms with Crippen LogP contribution in [0, 0.1) is 10.1 Å². The number of nitrogens with zero attached hydrogens (tertiary/aromatic N) is 1. The molecule has 8 heteroatoms. The van der Waals surface area contributed by atoms with Crippen molar-refractivity contribution in [1.29, 1.82) is 0 Å². The lowest BCUT2D eigenvalue weighted by molar-refractivity contribution is -0.385. The van der Waals surface area contributed by atoms with Gasteiger partial charge in [-0.3, -0.25) is 19.7 Å². The average molecular weight is 395 g/mol. The van der Waals surface area contributed by atoms with E-state index in [1.807, 2.05) is 17.5 Å². The summed E-state index contributed by atoms with van der Waals surface area (Å²) >= 11 is 1.58. The van der Waals surface area contributed by atoms with Gasteiger partial charge in [-0.2, -0.15) is 0 Å². The second kappa shape index (κ2) is 8.92. The Balaban J connectivity index is 1.58. The summed E-state index contributed by atoms with van der Waals surface area (Å²) in [5, 5.41) is 18.5. The Morgan fingerprint density at radius 3 is 2.43 bits per heavy atom. The number of rotatable bonds is 7. The molecule has 2 amide bonds. The molecule has 0 fully saturated rings. The summed E-state index contributed by atoms with van der Waals surface area (Å²) in [4.78, 5) is 35.9. The van der Waals surface area contributed by atoms with Gasteiger partial charge in [0.05, 0.1) is 17.9 Å². The van der Waals surface area contributed by atoms with Gasteiger partial charge in [-0.1, -0.05) is 30.3 Å². The van der Waals surface area contributed by atoms with Crippen LogP contribution in [0.15, 0.2) is 66.0 Å². The maximum Gasteiger partial charge on any atom is 0.282 e. The first-order valence-electron chi connectivity index (χ1n) is 8.46. The van der Waals surface area contributed by atoms with Crippen LogP contribution in [0.4, 0.5) is 11.4 Å². The first kappa shape index (κ1) is 19.2. The van der Waals surface area contributed by atoms with Gasteiger partial charge in [0.2, 0.25) is 5.91 Å². The van der Waals surface area contributed by atoms with Crippen molar-refractivity contribution >= 4 is 34.5 Å². The second-order valence-corrected chi connectivity index (χ2v) is 6.99. The number of carbonyl (C=O) groups is 2. The number of thiophene rings is 1. The predicted molar refractivity (Wildman–Crippen MR) is 107 cm³/mol. The Morgan fingerprint density at radius 1 is 1.00 bits per heavy atom. The first-order valence-corrected chi connectivity index (χ1v) is 9.33. The molecule has 2 N–H and O–H groups in total. The molecule has 2 aromatic carbocycles. The molecule has 28 heavy (non-hydrogen) atoms. The van der Waals surface area contributed by atoms with E-state index >= 15 is 0 Å². The number of nitrogens with one attached hydrogen (secondary N) is 2. The highest BCUT2D eigenvalue weighted by Crippen LogP contribution is 2.19. The molecular formula is C20H17N3O4S. The zero-order valence-corrected chi connectivity index (χ0v) is 15.6. The van der Waals surface area contributed by atoms with E-state index in [0.29, 0.717) is 12.2 Å². The number of nitro groups is 1. The molecule has 0 saturated heterocycles. The van der Waals surface area contributed by atoms with Crippen molar-refractivity contribution < 1.29 is 14.5 Å². The van der Waals surface area contributed by atoms with Crippen LogP contribution in [0.25, 0.3) is 0 Å². The Hall–Kier alpha value is -3.52. The van der Waals surface area contributed by atoms with Crippen LogP contribution >= 0.6 is 11.3 Å². The Bertz CT molecular complexity index is 985. The van der Waals surface area contributed by atoms with Gasteiger partial charge < -0.3 is 10.6 Å². The number of para-hydroxylation sites is 1. The highest BCUT2D eigenvalue weighted by molar-refractivity contribution is 7.09. The minimum absolute atomic E-state index is 0.00969. The molecule has 0 radical (unpaired) electrons. The Morgan fingerprint density at radius 2 is 1.75 bits per heavy atom. The number of hydrogen-bond acceptors (Lipinski definition) is 5. The van der Waals surface area contributed by atoms with E-state index in [4.69, 9.17) is 0 Å². The zero-order valence-electron chi connectivity index (χ0n) is 14.8. The van der Waals surface area contributed by atoms with Gasteiger partial charge in [-0.25, -0.2) is 0 Å². The molecule has 1 aromatic heterocycles. The molecule has 0 aliphatic heterocycles. The Kier molecular flexibility index (Phi) is 6.13. The van der Waals surface area contributed by atoms with Crippen molar-refractivity contribution in [2.24, 2.45) is 0 Å². The third kappa shape index (κ3) is 5.01. The zero-order chi connectivity index (χ0) is 19.9. The molecule has 0 aliphatic rings. The van der Waals surface area contributed by atoms with Crippen LogP contribution in [-0.4, -0.2) is 16.7 Å². The number of hydrogen-bond donors (Lipinski definition) is 2. The topological polar surface area (TPSA) is 101 Å². The summed E-state index contributed by atoms with van der Waals surface area (Å²) in [5.74, 6) is -0.654. The van der Waals surface area contributed by atoms with E-state index in [9.17, 15) is 19.7 Å². The van der Waals surface area contributed by atoms with Crippen molar-refractivity contribution in [2.75, 3.05) is 5.32 Å². The van der Waals surface area contributed by atoms with Crippen LogP contribution < -0.4 is 10.6 Å². The number of nitro benzene ring substituents is 1. The predicted octanol–water partition coefficient (Wildman–Crippen LogP) is 3.77. The second-order valence-electron chi connectivity index (χ2n) is 5.96. The van der Waals surface area contributed by atoms with Gasteiger partial charge in [0.15, 0.2) is 0 Å². The van der Waals surface area contributed by atoms with E-state index < -0.39 is 10.8 Å². The molecule has 0 aliphatic carbocycles. The molecular weight excluding hydrogens is 378 g/mol. The summed E-state index contributed by atoms with van der Waals surface area (Å²) in [7, 11) is 0. The molecule has 0 bridgehead atoms. The fraction of sp³-hybridized carbons (Fsp3) is 0.100.